The third-order valence-corrected chi connectivity index (χ3v) is 10.2. The van der Waals surface area contributed by atoms with Gasteiger partial charge in [0, 0.05) is 17.6 Å². The predicted octanol–water partition coefficient (Wildman–Crippen LogP) is 9.75. The second-order valence-corrected chi connectivity index (χ2v) is 14.6. The number of aryl methyl sites for hydroxylation is 1. The monoisotopic (exact) mass is 708 g/mol. The average Bonchev–Trinajstić information content (AvgIpc) is 3.11. The molecule has 1 aliphatic carbocycles. The molecule has 1 heterocycles. The number of ether oxygens (including phenoxy) is 4. The van der Waals surface area contributed by atoms with Gasteiger partial charge in [-0.1, -0.05) is 58.3 Å². The van der Waals surface area contributed by atoms with Gasteiger partial charge in [0.15, 0.2) is 0 Å². The Labute approximate surface area is 301 Å². The molecule has 2 aliphatic rings. The minimum Gasteiger partial charge on any atom is -0.492 e. The van der Waals surface area contributed by atoms with Crippen molar-refractivity contribution >= 4 is 17.9 Å². The van der Waals surface area contributed by atoms with E-state index in [4.69, 9.17) is 18.9 Å². The van der Waals surface area contributed by atoms with Gasteiger partial charge < -0.3 is 18.9 Å². The Kier molecular flexibility index (Phi) is 14.8. The summed E-state index contributed by atoms with van der Waals surface area (Å²) in [5, 5.41) is 0. The van der Waals surface area contributed by atoms with Crippen LogP contribution in [0.3, 0.4) is 0 Å². The number of halogens is 2. The summed E-state index contributed by atoms with van der Waals surface area (Å²) in [4.78, 5) is 36.0. The molecule has 1 aliphatic heterocycles. The predicted molar refractivity (Wildman–Crippen MR) is 193 cm³/mol. The van der Waals surface area contributed by atoms with Crippen LogP contribution in [0.25, 0.3) is 11.1 Å². The van der Waals surface area contributed by atoms with E-state index in [9.17, 15) is 14.4 Å². The number of carbonyl (C=O) groups excluding carboxylic acids is 3. The highest BCUT2D eigenvalue weighted by molar-refractivity contribution is 5.87. The van der Waals surface area contributed by atoms with Gasteiger partial charge in [-0.05, 0) is 112 Å². The molecule has 0 aromatic heterocycles. The van der Waals surface area contributed by atoms with Gasteiger partial charge in [0.25, 0.3) is 0 Å². The molecule has 7 nitrogen and oxygen atoms in total. The standard InChI is InChI=1S/C42H54F2O7/c1-6-7-8-9-11-30-13-15-31(16-14-30)34-23-35(43)39(36(44)24-34)33-17-18-37(32(22-33)12-10-21-48-40(46)28(2)3)49-25-42(20-19-38(45)50-26-42)27-51-41(47)29(4)5/h17-18,22-24,30-31H,2,4,6-16,19-21,25-27H2,1,3,5H3. The quantitative estimate of drug-likeness (QED) is 0.0660. The van der Waals surface area contributed by atoms with Gasteiger partial charge in [0.1, 0.15) is 37.2 Å². The molecule has 1 unspecified atom stereocenters. The molecular formula is C42H54F2O7. The van der Waals surface area contributed by atoms with E-state index in [1.165, 1.54) is 44.2 Å². The first-order valence-electron chi connectivity index (χ1n) is 18.5. The van der Waals surface area contributed by atoms with E-state index < -0.39 is 29.0 Å². The van der Waals surface area contributed by atoms with Crippen LogP contribution in [0.15, 0.2) is 54.6 Å². The van der Waals surface area contributed by atoms with Crippen molar-refractivity contribution in [3.05, 3.63) is 77.4 Å². The number of unbranched alkanes of at least 4 members (excludes halogenated alkanes) is 3. The van der Waals surface area contributed by atoms with Crippen molar-refractivity contribution in [2.24, 2.45) is 11.3 Å². The second kappa shape index (κ2) is 19.0. The lowest BCUT2D eigenvalue weighted by molar-refractivity contribution is -0.163. The lowest BCUT2D eigenvalue weighted by Gasteiger charge is -2.35. The third-order valence-electron chi connectivity index (χ3n) is 10.2. The van der Waals surface area contributed by atoms with Gasteiger partial charge in [0.2, 0.25) is 0 Å². The number of hydrogen-bond acceptors (Lipinski definition) is 7. The highest BCUT2D eigenvalue weighted by Gasteiger charge is 2.39. The molecule has 2 aromatic carbocycles. The van der Waals surface area contributed by atoms with Crippen LogP contribution >= 0.6 is 0 Å². The molecule has 1 saturated heterocycles. The van der Waals surface area contributed by atoms with Crippen LogP contribution in [0.4, 0.5) is 8.78 Å². The maximum atomic E-state index is 15.8. The summed E-state index contributed by atoms with van der Waals surface area (Å²) in [7, 11) is 0. The molecule has 1 saturated carbocycles. The Balaban J connectivity index is 1.52. The maximum Gasteiger partial charge on any atom is 0.333 e. The SMILES string of the molecule is C=C(C)C(=O)OCCCc1cc(-c2c(F)cc(C3CCC(CCCCCC)CC3)cc2F)ccc1OCC1(COC(=O)C(=C)C)CCC(=O)OC1. The fourth-order valence-electron chi connectivity index (χ4n) is 6.96. The number of benzene rings is 2. The zero-order chi connectivity index (χ0) is 37.0. The van der Waals surface area contributed by atoms with Gasteiger partial charge in [0.05, 0.1) is 17.6 Å². The molecule has 2 fully saturated rings. The van der Waals surface area contributed by atoms with Crippen LogP contribution in [0.5, 0.6) is 5.75 Å². The van der Waals surface area contributed by atoms with Crippen LogP contribution in [0.1, 0.15) is 115 Å². The fourth-order valence-corrected chi connectivity index (χ4v) is 6.96. The van der Waals surface area contributed by atoms with E-state index in [0.717, 1.165) is 25.7 Å². The van der Waals surface area contributed by atoms with Gasteiger partial charge in [-0.25, -0.2) is 18.4 Å². The summed E-state index contributed by atoms with van der Waals surface area (Å²) in [6, 6.07) is 7.98. The number of cyclic esters (lactones) is 1. The van der Waals surface area contributed by atoms with Gasteiger partial charge >= 0.3 is 17.9 Å². The van der Waals surface area contributed by atoms with Crippen molar-refractivity contribution in [1.82, 2.24) is 0 Å². The van der Waals surface area contributed by atoms with Gasteiger partial charge in [-0.15, -0.1) is 0 Å². The van der Waals surface area contributed by atoms with Gasteiger partial charge in [-0.2, -0.15) is 0 Å². The fraction of sp³-hybridized carbons (Fsp3) is 0.548. The summed E-state index contributed by atoms with van der Waals surface area (Å²) >= 11 is 0. The average molecular weight is 709 g/mol. The van der Waals surface area contributed by atoms with Crippen LogP contribution in [0, 0.1) is 23.0 Å². The summed E-state index contributed by atoms with van der Waals surface area (Å²) in [6.07, 6.45) is 11.7. The molecule has 0 N–H and O–H groups in total. The Morgan fingerprint density at radius 3 is 2.22 bits per heavy atom. The van der Waals surface area contributed by atoms with Crippen molar-refractivity contribution in [1.29, 1.82) is 0 Å². The molecule has 278 valence electrons. The second-order valence-electron chi connectivity index (χ2n) is 14.6. The molecule has 51 heavy (non-hydrogen) atoms. The Morgan fingerprint density at radius 2 is 1.59 bits per heavy atom. The molecular weight excluding hydrogens is 654 g/mol. The molecule has 0 spiro atoms. The Bertz CT molecular complexity index is 1520. The normalized spacial score (nSPS) is 20.3. The maximum absolute atomic E-state index is 15.8. The van der Waals surface area contributed by atoms with E-state index >= 15 is 8.78 Å². The smallest absolute Gasteiger partial charge is 0.333 e. The van der Waals surface area contributed by atoms with Crippen molar-refractivity contribution in [2.75, 3.05) is 26.4 Å². The number of rotatable bonds is 18. The van der Waals surface area contributed by atoms with Crippen LogP contribution < -0.4 is 4.74 Å². The minimum atomic E-state index is -0.797. The van der Waals surface area contributed by atoms with Crippen molar-refractivity contribution in [2.45, 2.75) is 110 Å². The van der Waals surface area contributed by atoms with E-state index in [2.05, 4.69) is 20.1 Å². The Morgan fingerprint density at radius 1 is 0.902 bits per heavy atom. The van der Waals surface area contributed by atoms with E-state index in [0.29, 0.717) is 47.6 Å². The van der Waals surface area contributed by atoms with E-state index in [1.807, 2.05) is 0 Å². The highest BCUT2D eigenvalue weighted by Crippen LogP contribution is 2.40. The summed E-state index contributed by atoms with van der Waals surface area (Å²) in [6.45, 7) is 12.7. The van der Waals surface area contributed by atoms with Crippen LogP contribution in [-0.4, -0.2) is 44.3 Å². The van der Waals surface area contributed by atoms with Gasteiger partial charge in [-0.3, -0.25) is 4.79 Å². The molecule has 9 heteroatoms. The molecule has 1 atom stereocenters. The summed E-state index contributed by atoms with van der Waals surface area (Å²) < 4.78 is 54.0. The Hall–Kier alpha value is -4.01. The first kappa shape index (κ1) is 39.8. The first-order valence-corrected chi connectivity index (χ1v) is 18.5. The highest BCUT2D eigenvalue weighted by atomic mass is 19.1. The zero-order valence-corrected chi connectivity index (χ0v) is 30.6. The summed E-state index contributed by atoms with van der Waals surface area (Å²) in [5.74, 6) is -1.31. The lowest BCUT2D eigenvalue weighted by atomic mass is 9.76. The van der Waals surface area contributed by atoms with E-state index in [1.54, 1.807) is 32.0 Å². The molecule has 4 rings (SSSR count). The summed E-state index contributed by atoms with van der Waals surface area (Å²) in [5.41, 5.74) is 1.37. The molecule has 0 amide bonds. The molecule has 0 radical (unpaired) electrons. The van der Waals surface area contributed by atoms with Crippen molar-refractivity contribution in [3.8, 4) is 16.9 Å². The first-order chi connectivity index (χ1) is 24.4. The van der Waals surface area contributed by atoms with Crippen LogP contribution in [-0.2, 0) is 35.0 Å². The minimum absolute atomic E-state index is 0.00293. The molecule has 0 bridgehead atoms. The van der Waals surface area contributed by atoms with Crippen LogP contribution in [0.2, 0.25) is 0 Å². The number of esters is 3. The van der Waals surface area contributed by atoms with E-state index in [-0.39, 0.29) is 61.4 Å². The lowest BCUT2D eigenvalue weighted by Crippen LogP contribution is -2.43. The zero-order valence-electron chi connectivity index (χ0n) is 30.6. The topological polar surface area (TPSA) is 88.1 Å². The van der Waals surface area contributed by atoms with Crippen molar-refractivity contribution in [3.63, 3.8) is 0 Å². The molecule has 2 aromatic rings. The number of carbonyl (C=O) groups is 3. The van der Waals surface area contributed by atoms with Crippen molar-refractivity contribution < 1.29 is 42.1 Å². The largest absolute Gasteiger partial charge is 0.492 e. The third kappa shape index (κ3) is 11.5. The number of hydrogen-bond donors (Lipinski definition) is 0.